The summed E-state index contributed by atoms with van der Waals surface area (Å²) in [6, 6.07) is 17.0. The highest BCUT2D eigenvalue weighted by Crippen LogP contribution is 2.37. The number of rotatable bonds is 12. The standard InChI is InChI=1S/C32H33ClN6O3/c1-5-41-30-17-27-25(16-28(30)38-31(40)10-8-14-39(4)21(2)3)32(22(18-34)19-36-27)37-23-11-12-29(26(33)15-23)42-20-24-9-6-7-13-35-24/h6-13,15-17,19,21H,5,14,20H2,1-4H3,(H,36,37)(H,38,40)/b10-8+. The molecule has 2 heterocycles. The average molecular weight is 585 g/mol. The zero-order valence-corrected chi connectivity index (χ0v) is 24.8. The van der Waals surface area contributed by atoms with Gasteiger partial charge < -0.3 is 25.0 Å². The summed E-state index contributed by atoms with van der Waals surface area (Å²) in [5.41, 5.74) is 3.33. The van der Waals surface area contributed by atoms with Gasteiger partial charge in [-0.05, 0) is 64.2 Å². The van der Waals surface area contributed by atoms with Crippen molar-refractivity contribution in [2.24, 2.45) is 0 Å². The van der Waals surface area contributed by atoms with Crippen molar-refractivity contribution in [3.8, 4) is 17.6 Å². The Morgan fingerprint density at radius 1 is 1.14 bits per heavy atom. The molecule has 1 amide bonds. The predicted octanol–water partition coefficient (Wildman–Crippen LogP) is 6.71. The van der Waals surface area contributed by atoms with E-state index in [1.54, 1.807) is 30.5 Å². The molecule has 0 aliphatic carbocycles. The average Bonchev–Trinajstić information content (AvgIpc) is 2.98. The van der Waals surface area contributed by atoms with E-state index in [0.29, 0.717) is 69.2 Å². The first-order valence-corrected chi connectivity index (χ1v) is 13.9. The second-order valence-electron chi connectivity index (χ2n) is 9.76. The summed E-state index contributed by atoms with van der Waals surface area (Å²) < 4.78 is 11.6. The SMILES string of the molecule is CCOc1cc2ncc(C#N)c(Nc3ccc(OCc4ccccn4)c(Cl)c3)c2cc1NC(=O)/C=C/CN(C)C(C)C. The Balaban J connectivity index is 1.62. The molecule has 0 spiro atoms. The van der Waals surface area contributed by atoms with Gasteiger partial charge in [0.1, 0.15) is 24.2 Å². The minimum atomic E-state index is -0.292. The molecule has 2 aromatic heterocycles. The Labute approximate surface area is 250 Å². The first-order valence-electron chi connectivity index (χ1n) is 13.6. The molecule has 0 aliphatic rings. The molecule has 0 fully saturated rings. The number of nitriles is 1. The molecular formula is C32H33ClN6O3. The number of carbonyl (C=O) groups is 1. The second kappa shape index (κ2) is 14.3. The van der Waals surface area contributed by atoms with Crippen LogP contribution in [0.1, 0.15) is 32.0 Å². The van der Waals surface area contributed by atoms with E-state index in [1.807, 2.05) is 44.3 Å². The van der Waals surface area contributed by atoms with Crippen molar-refractivity contribution in [2.45, 2.75) is 33.4 Å². The number of ether oxygens (including phenoxy) is 2. The van der Waals surface area contributed by atoms with E-state index in [-0.39, 0.29) is 12.5 Å². The van der Waals surface area contributed by atoms with Crippen LogP contribution < -0.4 is 20.1 Å². The maximum absolute atomic E-state index is 12.8. The van der Waals surface area contributed by atoms with Gasteiger partial charge in [0.15, 0.2) is 0 Å². The fourth-order valence-electron chi connectivity index (χ4n) is 4.00. The minimum Gasteiger partial charge on any atom is -0.492 e. The van der Waals surface area contributed by atoms with Crippen LogP contribution in [0.3, 0.4) is 0 Å². The maximum atomic E-state index is 12.8. The second-order valence-corrected chi connectivity index (χ2v) is 10.2. The monoisotopic (exact) mass is 584 g/mol. The first-order chi connectivity index (χ1) is 20.3. The number of nitrogens with zero attached hydrogens (tertiary/aromatic N) is 4. The van der Waals surface area contributed by atoms with Crippen LogP contribution in [0.25, 0.3) is 10.9 Å². The molecule has 0 radical (unpaired) electrons. The number of nitrogens with one attached hydrogen (secondary N) is 2. The zero-order valence-electron chi connectivity index (χ0n) is 24.0. The van der Waals surface area contributed by atoms with Crippen LogP contribution >= 0.6 is 11.6 Å². The largest absolute Gasteiger partial charge is 0.492 e. The number of likely N-dealkylation sites (N-methyl/N-ethyl adjacent to an activating group) is 1. The molecule has 10 heteroatoms. The van der Waals surface area contributed by atoms with E-state index in [9.17, 15) is 10.1 Å². The lowest BCUT2D eigenvalue weighted by atomic mass is 10.1. The van der Waals surface area contributed by atoms with Gasteiger partial charge in [0.2, 0.25) is 5.91 Å². The number of carbonyl (C=O) groups excluding carboxylic acids is 1. The molecule has 0 bridgehead atoms. The quantitative estimate of drug-likeness (QED) is 0.177. The van der Waals surface area contributed by atoms with Crippen molar-refractivity contribution in [1.82, 2.24) is 14.9 Å². The van der Waals surface area contributed by atoms with Crippen molar-refractivity contribution in [2.75, 3.05) is 30.8 Å². The fourth-order valence-corrected chi connectivity index (χ4v) is 4.23. The van der Waals surface area contributed by atoms with E-state index in [0.717, 1.165) is 5.69 Å². The Kier molecular flexibility index (Phi) is 10.3. The van der Waals surface area contributed by atoms with E-state index >= 15 is 0 Å². The summed E-state index contributed by atoms with van der Waals surface area (Å²) in [5, 5.41) is 17.1. The number of anilines is 3. The number of aromatic nitrogens is 2. The van der Waals surface area contributed by atoms with Crippen molar-refractivity contribution in [3.05, 3.63) is 89.4 Å². The van der Waals surface area contributed by atoms with Gasteiger partial charge in [-0.3, -0.25) is 14.8 Å². The molecule has 42 heavy (non-hydrogen) atoms. The van der Waals surface area contributed by atoms with Crippen LogP contribution in [0, 0.1) is 11.3 Å². The molecule has 4 rings (SSSR count). The summed E-state index contributed by atoms with van der Waals surface area (Å²) in [5.74, 6) is 0.693. The van der Waals surface area contributed by atoms with Crippen molar-refractivity contribution >= 4 is 45.5 Å². The molecule has 2 aromatic carbocycles. The summed E-state index contributed by atoms with van der Waals surface area (Å²) in [6.07, 6.45) is 6.52. The van der Waals surface area contributed by atoms with Gasteiger partial charge in [-0.25, -0.2) is 0 Å². The number of hydrogen-bond donors (Lipinski definition) is 2. The summed E-state index contributed by atoms with van der Waals surface area (Å²) in [6.45, 7) is 7.36. The van der Waals surface area contributed by atoms with Crippen molar-refractivity contribution in [1.29, 1.82) is 5.26 Å². The normalized spacial score (nSPS) is 11.2. The summed E-state index contributed by atoms with van der Waals surface area (Å²) in [4.78, 5) is 23.6. The van der Waals surface area contributed by atoms with Crippen LogP contribution in [0.15, 0.2) is 73.1 Å². The Morgan fingerprint density at radius 3 is 2.67 bits per heavy atom. The predicted molar refractivity (Wildman–Crippen MR) is 166 cm³/mol. The third kappa shape index (κ3) is 7.75. The van der Waals surface area contributed by atoms with Gasteiger partial charge in [-0.2, -0.15) is 5.26 Å². The number of benzene rings is 2. The smallest absolute Gasteiger partial charge is 0.248 e. The van der Waals surface area contributed by atoms with E-state index < -0.39 is 0 Å². The number of fused-ring (bicyclic) bond motifs is 1. The highest BCUT2D eigenvalue weighted by Gasteiger charge is 2.16. The molecule has 0 saturated carbocycles. The molecule has 0 aliphatic heterocycles. The zero-order chi connectivity index (χ0) is 30.1. The lowest BCUT2D eigenvalue weighted by molar-refractivity contribution is -0.111. The van der Waals surface area contributed by atoms with Crippen molar-refractivity contribution in [3.63, 3.8) is 0 Å². The lowest BCUT2D eigenvalue weighted by Crippen LogP contribution is -2.26. The summed E-state index contributed by atoms with van der Waals surface area (Å²) >= 11 is 6.53. The van der Waals surface area contributed by atoms with Gasteiger partial charge in [-0.1, -0.05) is 23.7 Å². The molecule has 2 N–H and O–H groups in total. The Morgan fingerprint density at radius 2 is 1.98 bits per heavy atom. The van der Waals surface area contributed by atoms with Crippen molar-refractivity contribution < 1.29 is 14.3 Å². The Bertz CT molecular complexity index is 1620. The highest BCUT2D eigenvalue weighted by molar-refractivity contribution is 6.32. The number of pyridine rings is 2. The molecule has 9 nitrogen and oxygen atoms in total. The van der Waals surface area contributed by atoms with Gasteiger partial charge in [0.25, 0.3) is 0 Å². The van der Waals surface area contributed by atoms with Gasteiger partial charge >= 0.3 is 0 Å². The van der Waals surface area contributed by atoms with Crippen LogP contribution in [0.5, 0.6) is 11.5 Å². The summed E-state index contributed by atoms with van der Waals surface area (Å²) in [7, 11) is 1.99. The van der Waals surface area contributed by atoms with Crippen LogP contribution in [0.2, 0.25) is 5.02 Å². The molecule has 0 saturated heterocycles. The third-order valence-corrected chi connectivity index (χ3v) is 6.79. The van der Waals surface area contributed by atoms with Crippen LogP contribution in [-0.2, 0) is 11.4 Å². The van der Waals surface area contributed by atoms with Gasteiger partial charge in [-0.15, -0.1) is 0 Å². The number of amides is 1. The molecule has 0 unspecified atom stereocenters. The van der Waals surface area contributed by atoms with Gasteiger partial charge in [0, 0.05) is 48.2 Å². The van der Waals surface area contributed by atoms with E-state index in [1.165, 1.54) is 12.3 Å². The number of hydrogen-bond acceptors (Lipinski definition) is 8. The van der Waals surface area contributed by atoms with E-state index in [4.69, 9.17) is 21.1 Å². The maximum Gasteiger partial charge on any atom is 0.248 e. The topological polar surface area (TPSA) is 112 Å². The molecule has 0 atom stereocenters. The minimum absolute atomic E-state index is 0.279. The fraction of sp³-hybridized carbons (Fsp3) is 0.250. The molecule has 4 aromatic rings. The van der Waals surface area contributed by atoms with Crippen LogP contribution in [0.4, 0.5) is 17.1 Å². The van der Waals surface area contributed by atoms with Gasteiger partial charge in [0.05, 0.1) is 39.8 Å². The molecular weight excluding hydrogens is 552 g/mol. The number of halogens is 1. The third-order valence-electron chi connectivity index (χ3n) is 6.49. The van der Waals surface area contributed by atoms with Crippen LogP contribution in [-0.4, -0.2) is 47.0 Å². The molecule has 216 valence electrons. The Hall–Kier alpha value is -4.65. The lowest BCUT2D eigenvalue weighted by Gasteiger charge is -2.18. The van der Waals surface area contributed by atoms with E-state index in [2.05, 4.69) is 45.4 Å². The first kappa shape index (κ1) is 30.3. The highest BCUT2D eigenvalue weighted by atomic mass is 35.5.